The maximum absolute atomic E-state index is 5.66. The third kappa shape index (κ3) is 1.14. The summed E-state index contributed by atoms with van der Waals surface area (Å²) in [5, 5.41) is 1.29. The van der Waals surface area contributed by atoms with Crippen LogP contribution in [0.15, 0.2) is 18.3 Å². The molecule has 0 bridgehead atoms. The Bertz CT molecular complexity index is 441. The normalized spacial score (nSPS) is 11.0. The first-order valence-corrected chi connectivity index (χ1v) is 4.50. The maximum Gasteiger partial charge on any atom is 0.0489 e. The van der Waals surface area contributed by atoms with E-state index in [-0.39, 0.29) is 0 Å². The molecule has 13 heavy (non-hydrogen) atoms. The number of aromatic amines is 1. The number of hydrogen-bond donors (Lipinski definition) is 2. The highest BCUT2D eigenvalue weighted by Crippen LogP contribution is 2.24. The Morgan fingerprint density at radius 3 is 2.62 bits per heavy atom. The van der Waals surface area contributed by atoms with Crippen molar-refractivity contribution in [2.45, 2.75) is 20.4 Å². The molecule has 0 radical (unpaired) electrons. The number of benzene rings is 1. The summed E-state index contributed by atoms with van der Waals surface area (Å²) in [6.45, 7) is 4.83. The summed E-state index contributed by atoms with van der Waals surface area (Å²) in [7, 11) is 0. The third-order valence-corrected chi connectivity index (χ3v) is 2.55. The first-order chi connectivity index (χ1) is 6.24. The van der Waals surface area contributed by atoms with Crippen LogP contribution in [0.4, 0.5) is 0 Å². The number of hydrogen-bond acceptors (Lipinski definition) is 1. The molecule has 0 aliphatic rings. The highest BCUT2D eigenvalue weighted by atomic mass is 14.7. The zero-order valence-corrected chi connectivity index (χ0v) is 8.02. The van der Waals surface area contributed by atoms with Crippen molar-refractivity contribution >= 4 is 10.9 Å². The van der Waals surface area contributed by atoms with Gasteiger partial charge in [-0.3, -0.25) is 0 Å². The van der Waals surface area contributed by atoms with Gasteiger partial charge in [0.1, 0.15) is 0 Å². The van der Waals surface area contributed by atoms with Crippen molar-refractivity contribution in [3.8, 4) is 0 Å². The summed E-state index contributed by atoms with van der Waals surface area (Å²) in [6.07, 6.45) is 2.00. The molecule has 1 aromatic heterocycles. The molecule has 0 fully saturated rings. The number of rotatable bonds is 1. The first kappa shape index (κ1) is 8.32. The topological polar surface area (TPSA) is 41.8 Å². The fourth-order valence-electron chi connectivity index (χ4n) is 1.80. The zero-order valence-electron chi connectivity index (χ0n) is 8.02. The summed E-state index contributed by atoms with van der Waals surface area (Å²) in [6, 6.07) is 4.28. The van der Waals surface area contributed by atoms with Crippen LogP contribution in [0.25, 0.3) is 10.9 Å². The van der Waals surface area contributed by atoms with Gasteiger partial charge in [-0.1, -0.05) is 12.1 Å². The molecule has 2 aromatic rings. The van der Waals surface area contributed by atoms with Crippen molar-refractivity contribution in [3.63, 3.8) is 0 Å². The second kappa shape index (κ2) is 2.89. The molecular formula is C11H14N2. The van der Waals surface area contributed by atoms with Gasteiger partial charge in [-0.25, -0.2) is 0 Å². The largest absolute Gasteiger partial charge is 0.361 e. The lowest BCUT2D eigenvalue weighted by atomic mass is 10.0. The number of fused-ring (bicyclic) bond motifs is 1. The van der Waals surface area contributed by atoms with E-state index in [4.69, 9.17) is 5.73 Å². The van der Waals surface area contributed by atoms with Gasteiger partial charge in [0.05, 0.1) is 0 Å². The predicted octanol–water partition coefficient (Wildman–Crippen LogP) is 2.24. The Balaban J connectivity index is 2.87. The van der Waals surface area contributed by atoms with Crippen LogP contribution in [-0.4, -0.2) is 4.98 Å². The van der Waals surface area contributed by atoms with E-state index in [1.54, 1.807) is 0 Å². The Morgan fingerprint density at radius 2 is 1.92 bits per heavy atom. The lowest BCUT2D eigenvalue weighted by Gasteiger charge is -2.01. The van der Waals surface area contributed by atoms with Gasteiger partial charge < -0.3 is 10.7 Å². The first-order valence-electron chi connectivity index (χ1n) is 4.50. The molecule has 2 nitrogen and oxygen atoms in total. The molecule has 0 unspecified atom stereocenters. The smallest absolute Gasteiger partial charge is 0.0489 e. The van der Waals surface area contributed by atoms with Gasteiger partial charge in [-0.15, -0.1) is 0 Å². The van der Waals surface area contributed by atoms with Crippen molar-refractivity contribution in [1.82, 2.24) is 4.98 Å². The number of H-pyrrole nitrogens is 1. The van der Waals surface area contributed by atoms with E-state index in [2.05, 4.69) is 31.0 Å². The minimum absolute atomic E-state index is 0.601. The molecule has 0 aliphatic heterocycles. The highest BCUT2D eigenvalue weighted by Gasteiger charge is 2.06. The summed E-state index contributed by atoms with van der Waals surface area (Å²) < 4.78 is 0. The standard InChI is InChI=1S/C11H14N2/c1-7-3-4-8(2)11-10(7)9(5-12)6-13-11/h3-4,6,13H,5,12H2,1-2H3. The fraction of sp³-hybridized carbons (Fsp3) is 0.273. The minimum atomic E-state index is 0.601. The van der Waals surface area contributed by atoms with Crippen LogP contribution in [0, 0.1) is 13.8 Å². The van der Waals surface area contributed by atoms with Crippen LogP contribution < -0.4 is 5.73 Å². The van der Waals surface area contributed by atoms with Crippen LogP contribution in [0.1, 0.15) is 16.7 Å². The molecule has 0 spiro atoms. The molecule has 0 amide bonds. The zero-order chi connectivity index (χ0) is 9.42. The average molecular weight is 174 g/mol. The monoisotopic (exact) mass is 174 g/mol. The molecule has 0 atom stereocenters. The average Bonchev–Trinajstić information content (AvgIpc) is 2.56. The van der Waals surface area contributed by atoms with Gasteiger partial charge in [-0.05, 0) is 30.5 Å². The van der Waals surface area contributed by atoms with E-state index in [1.807, 2.05) is 6.20 Å². The molecule has 2 rings (SSSR count). The Hall–Kier alpha value is -1.28. The predicted molar refractivity (Wildman–Crippen MR) is 55.7 cm³/mol. The van der Waals surface area contributed by atoms with Crippen LogP contribution in [-0.2, 0) is 6.54 Å². The molecular weight excluding hydrogens is 160 g/mol. The Labute approximate surface area is 77.8 Å². The molecule has 0 saturated heterocycles. The molecule has 2 heteroatoms. The molecule has 0 aliphatic carbocycles. The minimum Gasteiger partial charge on any atom is -0.361 e. The van der Waals surface area contributed by atoms with Crippen LogP contribution >= 0.6 is 0 Å². The fourth-order valence-corrected chi connectivity index (χ4v) is 1.80. The van der Waals surface area contributed by atoms with Crippen LogP contribution in [0.2, 0.25) is 0 Å². The van der Waals surface area contributed by atoms with Gasteiger partial charge in [-0.2, -0.15) is 0 Å². The maximum atomic E-state index is 5.66. The van der Waals surface area contributed by atoms with E-state index in [9.17, 15) is 0 Å². The molecule has 0 saturated carbocycles. The third-order valence-electron chi connectivity index (χ3n) is 2.55. The van der Waals surface area contributed by atoms with Gasteiger partial charge >= 0.3 is 0 Å². The van der Waals surface area contributed by atoms with Gasteiger partial charge in [0, 0.05) is 23.6 Å². The number of nitrogens with two attached hydrogens (primary N) is 1. The van der Waals surface area contributed by atoms with E-state index in [0.29, 0.717) is 6.54 Å². The Morgan fingerprint density at radius 1 is 1.23 bits per heavy atom. The molecule has 1 aromatic carbocycles. The van der Waals surface area contributed by atoms with Crippen molar-refractivity contribution in [2.24, 2.45) is 5.73 Å². The van der Waals surface area contributed by atoms with Crippen LogP contribution in [0.3, 0.4) is 0 Å². The quantitative estimate of drug-likeness (QED) is 0.684. The van der Waals surface area contributed by atoms with Crippen molar-refractivity contribution in [3.05, 3.63) is 35.0 Å². The molecule has 1 heterocycles. The second-order valence-electron chi connectivity index (χ2n) is 3.47. The van der Waals surface area contributed by atoms with E-state index >= 15 is 0 Å². The van der Waals surface area contributed by atoms with E-state index < -0.39 is 0 Å². The summed E-state index contributed by atoms with van der Waals surface area (Å²) in [5.41, 5.74) is 10.7. The van der Waals surface area contributed by atoms with Gasteiger partial charge in [0.25, 0.3) is 0 Å². The summed E-state index contributed by atoms with van der Waals surface area (Å²) in [5.74, 6) is 0. The van der Waals surface area contributed by atoms with Crippen molar-refractivity contribution in [2.75, 3.05) is 0 Å². The van der Waals surface area contributed by atoms with Gasteiger partial charge in [0.15, 0.2) is 0 Å². The molecule has 68 valence electrons. The van der Waals surface area contributed by atoms with E-state index in [1.165, 1.54) is 27.6 Å². The van der Waals surface area contributed by atoms with Crippen LogP contribution in [0.5, 0.6) is 0 Å². The van der Waals surface area contributed by atoms with Crippen molar-refractivity contribution in [1.29, 1.82) is 0 Å². The lowest BCUT2D eigenvalue weighted by molar-refractivity contribution is 1.08. The highest BCUT2D eigenvalue weighted by molar-refractivity contribution is 5.88. The van der Waals surface area contributed by atoms with Crippen molar-refractivity contribution < 1.29 is 0 Å². The number of aryl methyl sites for hydroxylation is 2. The number of aromatic nitrogens is 1. The molecule has 3 N–H and O–H groups in total. The second-order valence-corrected chi connectivity index (χ2v) is 3.47. The Kier molecular flexibility index (Phi) is 1.85. The summed E-state index contributed by atoms with van der Waals surface area (Å²) in [4.78, 5) is 3.27. The number of nitrogens with one attached hydrogen (secondary N) is 1. The summed E-state index contributed by atoms with van der Waals surface area (Å²) >= 11 is 0. The SMILES string of the molecule is Cc1ccc(C)c2c(CN)c[nH]c12. The van der Waals surface area contributed by atoms with E-state index in [0.717, 1.165) is 0 Å². The lowest BCUT2D eigenvalue weighted by Crippen LogP contribution is -1.95. The van der Waals surface area contributed by atoms with Gasteiger partial charge in [0.2, 0.25) is 0 Å².